The molecule has 0 aliphatic rings. The Morgan fingerprint density at radius 1 is 1.83 bits per heavy atom. The Balaban J connectivity index is 3.04. The van der Waals surface area contributed by atoms with Crippen molar-refractivity contribution < 1.29 is 4.79 Å². The summed E-state index contributed by atoms with van der Waals surface area (Å²) in [5, 5.41) is 4.05. The van der Waals surface area contributed by atoms with E-state index in [4.69, 9.17) is 0 Å². The maximum Gasteiger partial charge on any atom is 0.205 e. The van der Waals surface area contributed by atoms with E-state index in [2.05, 4.69) is 11.7 Å². The number of carbonyl (C=O) groups is 1. The first-order valence-electron chi connectivity index (χ1n) is 3.88. The number of allylic oxidation sites excluding steroid dienone is 1. The number of aryl methyl sites for hydroxylation is 2. The molecule has 12 heavy (non-hydrogen) atoms. The molecule has 3 heteroatoms. The van der Waals surface area contributed by atoms with Gasteiger partial charge >= 0.3 is 0 Å². The van der Waals surface area contributed by atoms with Gasteiger partial charge in [0.2, 0.25) is 5.78 Å². The number of ketones is 1. The van der Waals surface area contributed by atoms with Gasteiger partial charge in [-0.3, -0.25) is 9.48 Å². The van der Waals surface area contributed by atoms with E-state index in [0.29, 0.717) is 5.69 Å². The van der Waals surface area contributed by atoms with Crippen molar-refractivity contribution in [1.82, 2.24) is 9.78 Å². The lowest BCUT2D eigenvalue weighted by atomic mass is 10.2. The normalized spacial score (nSPS) is 9.83. The van der Waals surface area contributed by atoms with E-state index in [0.717, 1.165) is 12.1 Å². The molecule has 1 aromatic rings. The van der Waals surface area contributed by atoms with Crippen LogP contribution in [0.1, 0.15) is 23.1 Å². The quantitative estimate of drug-likeness (QED) is 0.499. The van der Waals surface area contributed by atoms with Gasteiger partial charge in [0.15, 0.2) is 0 Å². The van der Waals surface area contributed by atoms with Gasteiger partial charge in [-0.2, -0.15) is 5.10 Å². The highest BCUT2D eigenvalue weighted by atomic mass is 16.1. The molecule has 0 amide bonds. The Morgan fingerprint density at radius 2 is 2.50 bits per heavy atom. The lowest BCUT2D eigenvalue weighted by Gasteiger charge is -1.92. The second-order valence-corrected chi connectivity index (χ2v) is 2.57. The van der Waals surface area contributed by atoms with E-state index < -0.39 is 0 Å². The summed E-state index contributed by atoms with van der Waals surface area (Å²) in [6.45, 7) is 5.43. The third kappa shape index (κ3) is 1.44. The zero-order chi connectivity index (χ0) is 9.14. The van der Waals surface area contributed by atoms with E-state index >= 15 is 0 Å². The molecule has 0 N–H and O–H groups in total. The Bertz CT molecular complexity index is 312. The molecule has 0 atom stereocenters. The fourth-order valence-electron chi connectivity index (χ4n) is 1.06. The van der Waals surface area contributed by atoms with Crippen LogP contribution in [0.5, 0.6) is 0 Å². The maximum atomic E-state index is 11.1. The smallest absolute Gasteiger partial charge is 0.205 e. The summed E-state index contributed by atoms with van der Waals surface area (Å²) in [5.74, 6) is -0.120. The van der Waals surface area contributed by atoms with E-state index in [-0.39, 0.29) is 5.78 Å². The van der Waals surface area contributed by atoms with Gasteiger partial charge in [-0.15, -0.1) is 0 Å². The summed E-state index contributed by atoms with van der Waals surface area (Å²) in [5.41, 5.74) is 1.53. The van der Waals surface area contributed by atoms with Crippen molar-refractivity contribution in [3.8, 4) is 0 Å². The zero-order valence-corrected chi connectivity index (χ0v) is 7.37. The van der Waals surface area contributed by atoms with Gasteiger partial charge in [-0.05, 0) is 18.6 Å². The van der Waals surface area contributed by atoms with Gasteiger partial charge in [0.1, 0.15) is 5.69 Å². The summed E-state index contributed by atoms with van der Waals surface area (Å²) in [4.78, 5) is 11.1. The highest BCUT2D eigenvalue weighted by Gasteiger charge is 2.07. The monoisotopic (exact) mass is 164 g/mol. The number of carbonyl (C=O) groups excluding carboxylic acids is 1. The molecular weight excluding hydrogens is 152 g/mol. The van der Waals surface area contributed by atoms with Crippen molar-refractivity contribution in [3.05, 3.63) is 30.1 Å². The van der Waals surface area contributed by atoms with Crippen LogP contribution in [0.4, 0.5) is 0 Å². The Morgan fingerprint density at radius 3 is 2.92 bits per heavy atom. The number of hydrogen-bond acceptors (Lipinski definition) is 2. The molecule has 0 aliphatic heterocycles. The summed E-state index contributed by atoms with van der Waals surface area (Å²) < 4.78 is 1.72. The van der Waals surface area contributed by atoms with Crippen molar-refractivity contribution in [2.24, 2.45) is 7.05 Å². The van der Waals surface area contributed by atoms with Crippen LogP contribution in [-0.2, 0) is 13.5 Å². The Labute approximate surface area is 71.7 Å². The van der Waals surface area contributed by atoms with Gasteiger partial charge in [-0.25, -0.2) is 0 Å². The van der Waals surface area contributed by atoms with Crippen molar-refractivity contribution in [2.75, 3.05) is 0 Å². The first-order chi connectivity index (χ1) is 5.69. The molecule has 0 fully saturated rings. The summed E-state index contributed by atoms with van der Waals surface area (Å²) >= 11 is 0. The average Bonchev–Trinajstić information content (AvgIpc) is 2.45. The van der Waals surface area contributed by atoms with Crippen LogP contribution < -0.4 is 0 Å². The standard InChI is InChI=1S/C9H12N2O/c1-4-7-6-8(9(12)5-2)10-11(7)3/h5-6H,2,4H2,1,3H3. The van der Waals surface area contributed by atoms with Crippen LogP contribution >= 0.6 is 0 Å². The number of nitrogens with zero attached hydrogens (tertiary/aromatic N) is 2. The van der Waals surface area contributed by atoms with Crippen molar-refractivity contribution in [3.63, 3.8) is 0 Å². The molecule has 0 aliphatic carbocycles. The Hall–Kier alpha value is -1.38. The van der Waals surface area contributed by atoms with Crippen molar-refractivity contribution in [1.29, 1.82) is 0 Å². The van der Waals surface area contributed by atoms with Gasteiger partial charge < -0.3 is 0 Å². The molecule has 1 rings (SSSR count). The van der Waals surface area contributed by atoms with Crippen molar-refractivity contribution in [2.45, 2.75) is 13.3 Å². The molecule has 0 saturated heterocycles. The predicted molar refractivity (Wildman–Crippen MR) is 47.1 cm³/mol. The zero-order valence-electron chi connectivity index (χ0n) is 7.37. The summed E-state index contributed by atoms with van der Waals surface area (Å²) in [7, 11) is 1.83. The van der Waals surface area contributed by atoms with Crippen LogP contribution in [0.25, 0.3) is 0 Å². The highest BCUT2D eigenvalue weighted by Crippen LogP contribution is 2.04. The molecule has 3 nitrogen and oxygen atoms in total. The summed E-state index contributed by atoms with van der Waals surface area (Å²) in [6.07, 6.45) is 2.16. The van der Waals surface area contributed by atoms with Gasteiger partial charge in [0.05, 0.1) is 0 Å². The molecule has 64 valence electrons. The average molecular weight is 164 g/mol. The molecule has 1 heterocycles. The topological polar surface area (TPSA) is 34.9 Å². The third-order valence-electron chi connectivity index (χ3n) is 1.78. The highest BCUT2D eigenvalue weighted by molar-refractivity contribution is 6.02. The minimum atomic E-state index is -0.120. The van der Waals surface area contributed by atoms with Crippen LogP contribution in [0.15, 0.2) is 18.7 Å². The van der Waals surface area contributed by atoms with E-state index in [9.17, 15) is 4.79 Å². The largest absolute Gasteiger partial charge is 0.287 e. The second-order valence-electron chi connectivity index (χ2n) is 2.57. The van der Waals surface area contributed by atoms with Gasteiger partial charge in [0.25, 0.3) is 0 Å². The second kappa shape index (κ2) is 3.34. The minimum Gasteiger partial charge on any atom is -0.287 e. The Kier molecular flexibility index (Phi) is 2.43. The number of aromatic nitrogens is 2. The molecular formula is C9H12N2O. The number of hydrogen-bond donors (Lipinski definition) is 0. The molecule has 0 spiro atoms. The molecule has 0 radical (unpaired) electrons. The van der Waals surface area contributed by atoms with Gasteiger partial charge in [0, 0.05) is 12.7 Å². The van der Waals surface area contributed by atoms with Crippen LogP contribution in [0, 0.1) is 0 Å². The lowest BCUT2D eigenvalue weighted by molar-refractivity contribution is 0.104. The van der Waals surface area contributed by atoms with Crippen LogP contribution in [-0.4, -0.2) is 15.6 Å². The van der Waals surface area contributed by atoms with E-state index in [1.165, 1.54) is 6.08 Å². The van der Waals surface area contributed by atoms with E-state index in [1.807, 2.05) is 14.0 Å². The molecule has 1 aromatic heterocycles. The van der Waals surface area contributed by atoms with Crippen LogP contribution in [0.2, 0.25) is 0 Å². The lowest BCUT2D eigenvalue weighted by Crippen LogP contribution is -1.98. The maximum absolute atomic E-state index is 11.1. The molecule has 0 saturated carbocycles. The molecule has 0 unspecified atom stereocenters. The van der Waals surface area contributed by atoms with E-state index in [1.54, 1.807) is 10.7 Å². The molecule has 0 bridgehead atoms. The predicted octanol–water partition coefficient (Wildman–Crippen LogP) is 1.35. The first-order valence-corrected chi connectivity index (χ1v) is 3.88. The SMILES string of the molecule is C=CC(=O)c1cc(CC)n(C)n1. The van der Waals surface area contributed by atoms with Gasteiger partial charge in [-0.1, -0.05) is 13.5 Å². The fourth-order valence-corrected chi connectivity index (χ4v) is 1.06. The first kappa shape index (κ1) is 8.71. The fraction of sp³-hybridized carbons (Fsp3) is 0.333. The van der Waals surface area contributed by atoms with Crippen molar-refractivity contribution >= 4 is 5.78 Å². The summed E-state index contributed by atoms with van der Waals surface area (Å²) in [6, 6.07) is 1.80. The molecule has 0 aromatic carbocycles. The minimum absolute atomic E-state index is 0.120. The third-order valence-corrected chi connectivity index (χ3v) is 1.78. The van der Waals surface area contributed by atoms with Crippen LogP contribution in [0.3, 0.4) is 0 Å². The number of rotatable bonds is 3.